The Morgan fingerprint density at radius 1 is 1.31 bits per heavy atom. The Balaban J connectivity index is 2.48. The predicted molar refractivity (Wildman–Crippen MR) is 62.9 cm³/mol. The molecule has 1 heteroatoms. The fourth-order valence-electron chi connectivity index (χ4n) is 3.10. The molecule has 2 atom stereocenters. The van der Waals surface area contributed by atoms with Gasteiger partial charge >= 0.3 is 0 Å². The highest BCUT2D eigenvalue weighted by molar-refractivity contribution is 6.39. The molecule has 1 aliphatic rings. The average Bonchev–Trinajstić information content (AvgIpc) is 2.01. The molecule has 1 fully saturated rings. The van der Waals surface area contributed by atoms with Crippen LogP contribution in [0.25, 0.3) is 0 Å². The molecule has 0 bridgehead atoms. The van der Waals surface area contributed by atoms with Gasteiger partial charge in [-0.3, -0.25) is 0 Å². The number of hydrogen-bond donors (Lipinski definition) is 0. The molecule has 2 unspecified atom stereocenters. The van der Waals surface area contributed by atoms with Crippen LogP contribution in [0.2, 0.25) is 11.6 Å². The SMILES string of the molecule is CCBC1(C)CCCCCC(C)C1. The van der Waals surface area contributed by atoms with E-state index in [-0.39, 0.29) is 0 Å². The first-order chi connectivity index (χ1) is 6.16. The maximum atomic E-state index is 2.51. The molecule has 0 radical (unpaired) electrons. The summed E-state index contributed by atoms with van der Waals surface area (Å²) in [6.07, 6.45) is 10.2. The lowest BCUT2D eigenvalue weighted by Crippen LogP contribution is -2.21. The van der Waals surface area contributed by atoms with Crippen molar-refractivity contribution in [2.45, 2.75) is 70.9 Å². The zero-order valence-electron chi connectivity index (χ0n) is 9.73. The van der Waals surface area contributed by atoms with Crippen molar-refractivity contribution in [2.24, 2.45) is 5.92 Å². The Morgan fingerprint density at radius 2 is 2.08 bits per heavy atom. The van der Waals surface area contributed by atoms with Crippen molar-refractivity contribution in [1.82, 2.24) is 0 Å². The minimum atomic E-state index is 0.675. The van der Waals surface area contributed by atoms with Crippen LogP contribution >= 0.6 is 0 Å². The minimum absolute atomic E-state index is 0.675. The monoisotopic (exact) mass is 180 g/mol. The Hall–Kier alpha value is 0.0649. The quantitative estimate of drug-likeness (QED) is 0.563. The van der Waals surface area contributed by atoms with E-state index in [1.807, 2.05) is 0 Å². The first-order valence-corrected chi connectivity index (χ1v) is 6.16. The second-order valence-corrected chi connectivity index (χ2v) is 5.47. The highest BCUT2D eigenvalue weighted by Gasteiger charge is 2.27. The smallest absolute Gasteiger partial charge is 0.0798 e. The Morgan fingerprint density at radius 3 is 2.77 bits per heavy atom. The highest BCUT2D eigenvalue weighted by Crippen LogP contribution is 2.42. The van der Waals surface area contributed by atoms with Crippen LogP contribution in [0.4, 0.5) is 0 Å². The van der Waals surface area contributed by atoms with Gasteiger partial charge in [-0.25, -0.2) is 0 Å². The summed E-state index contributed by atoms with van der Waals surface area (Å²) in [6.45, 7) is 7.28. The minimum Gasteiger partial charge on any atom is -0.0798 e. The molecule has 0 heterocycles. The standard InChI is InChI=1S/C12H25B/c1-4-13-12(3)9-7-5-6-8-11(2)10-12/h11,13H,4-10H2,1-3H3. The van der Waals surface area contributed by atoms with Crippen molar-refractivity contribution >= 4 is 7.28 Å². The van der Waals surface area contributed by atoms with Gasteiger partial charge in [0.2, 0.25) is 0 Å². The molecule has 1 saturated carbocycles. The maximum Gasteiger partial charge on any atom is 0.127 e. The van der Waals surface area contributed by atoms with Gasteiger partial charge in [0.1, 0.15) is 7.28 Å². The molecule has 0 aromatic heterocycles. The van der Waals surface area contributed by atoms with E-state index in [2.05, 4.69) is 20.8 Å². The van der Waals surface area contributed by atoms with E-state index in [0.717, 1.165) is 5.92 Å². The zero-order valence-corrected chi connectivity index (χ0v) is 9.73. The summed E-state index contributed by atoms with van der Waals surface area (Å²) in [4.78, 5) is 0. The van der Waals surface area contributed by atoms with E-state index >= 15 is 0 Å². The molecular formula is C12H25B. The van der Waals surface area contributed by atoms with Crippen LogP contribution in [0.3, 0.4) is 0 Å². The van der Waals surface area contributed by atoms with Gasteiger partial charge in [-0.15, -0.1) is 0 Å². The van der Waals surface area contributed by atoms with Crippen LogP contribution in [-0.4, -0.2) is 7.28 Å². The summed E-state index contributed by atoms with van der Waals surface area (Å²) in [5.74, 6) is 0.969. The van der Waals surface area contributed by atoms with Crippen molar-refractivity contribution < 1.29 is 0 Å². The lowest BCUT2D eigenvalue weighted by atomic mass is 9.47. The van der Waals surface area contributed by atoms with Gasteiger partial charge in [-0.1, -0.05) is 70.9 Å². The van der Waals surface area contributed by atoms with Crippen molar-refractivity contribution in [3.63, 3.8) is 0 Å². The van der Waals surface area contributed by atoms with Crippen LogP contribution in [0.15, 0.2) is 0 Å². The summed E-state index contributed by atoms with van der Waals surface area (Å²) < 4.78 is 0. The van der Waals surface area contributed by atoms with E-state index in [9.17, 15) is 0 Å². The van der Waals surface area contributed by atoms with Crippen LogP contribution in [0.1, 0.15) is 59.3 Å². The molecule has 76 valence electrons. The molecular weight excluding hydrogens is 155 g/mol. The summed E-state index contributed by atoms with van der Waals surface area (Å²) in [7, 11) is 1.44. The molecule has 0 amide bonds. The van der Waals surface area contributed by atoms with Crippen molar-refractivity contribution in [3.8, 4) is 0 Å². The summed E-state index contributed by atoms with van der Waals surface area (Å²) >= 11 is 0. The Kier molecular flexibility index (Phi) is 4.35. The van der Waals surface area contributed by atoms with Gasteiger partial charge in [0.15, 0.2) is 0 Å². The number of rotatable bonds is 2. The van der Waals surface area contributed by atoms with E-state index in [0.29, 0.717) is 5.31 Å². The third kappa shape index (κ3) is 3.75. The van der Waals surface area contributed by atoms with Crippen LogP contribution in [-0.2, 0) is 0 Å². The maximum absolute atomic E-state index is 2.51. The van der Waals surface area contributed by atoms with Crippen molar-refractivity contribution in [2.75, 3.05) is 0 Å². The van der Waals surface area contributed by atoms with Crippen LogP contribution in [0.5, 0.6) is 0 Å². The first-order valence-electron chi connectivity index (χ1n) is 6.16. The molecule has 0 saturated heterocycles. The normalized spacial score (nSPS) is 36.4. The van der Waals surface area contributed by atoms with Crippen molar-refractivity contribution in [3.05, 3.63) is 0 Å². The van der Waals surface area contributed by atoms with Crippen LogP contribution < -0.4 is 0 Å². The number of hydrogen-bond acceptors (Lipinski definition) is 0. The predicted octanol–water partition coefficient (Wildman–Crippen LogP) is 4.03. The summed E-state index contributed by atoms with van der Waals surface area (Å²) in [6, 6.07) is 0. The Bertz CT molecular complexity index is 144. The molecule has 0 N–H and O–H groups in total. The molecule has 1 rings (SSSR count). The van der Waals surface area contributed by atoms with E-state index < -0.39 is 0 Å². The lowest BCUT2D eigenvalue weighted by Gasteiger charge is -2.33. The Labute approximate surface area is 84.7 Å². The molecule has 1 aliphatic carbocycles. The molecule has 0 nitrogen and oxygen atoms in total. The van der Waals surface area contributed by atoms with Gasteiger partial charge in [-0.2, -0.15) is 0 Å². The van der Waals surface area contributed by atoms with E-state index in [4.69, 9.17) is 0 Å². The zero-order chi connectivity index (χ0) is 9.73. The second-order valence-electron chi connectivity index (χ2n) is 5.47. The third-order valence-electron chi connectivity index (χ3n) is 3.67. The summed E-state index contributed by atoms with van der Waals surface area (Å²) in [5.41, 5.74) is 0. The first kappa shape index (κ1) is 11.1. The summed E-state index contributed by atoms with van der Waals surface area (Å²) in [5, 5.41) is 0.675. The topological polar surface area (TPSA) is 0 Å². The molecule has 13 heavy (non-hydrogen) atoms. The molecule has 0 aromatic rings. The average molecular weight is 180 g/mol. The third-order valence-corrected chi connectivity index (χ3v) is 3.67. The van der Waals surface area contributed by atoms with Gasteiger partial charge in [0.05, 0.1) is 0 Å². The van der Waals surface area contributed by atoms with Gasteiger partial charge < -0.3 is 0 Å². The van der Waals surface area contributed by atoms with E-state index in [1.165, 1.54) is 52.1 Å². The molecule has 0 aliphatic heterocycles. The highest BCUT2D eigenvalue weighted by atomic mass is 14.2. The largest absolute Gasteiger partial charge is 0.127 e. The van der Waals surface area contributed by atoms with Gasteiger partial charge in [-0.05, 0) is 5.92 Å². The van der Waals surface area contributed by atoms with Gasteiger partial charge in [0.25, 0.3) is 0 Å². The lowest BCUT2D eigenvalue weighted by molar-refractivity contribution is 0.340. The van der Waals surface area contributed by atoms with Gasteiger partial charge in [0, 0.05) is 0 Å². The second kappa shape index (κ2) is 5.07. The fraction of sp³-hybridized carbons (Fsp3) is 1.00. The fourth-order valence-corrected chi connectivity index (χ4v) is 3.10. The van der Waals surface area contributed by atoms with Crippen LogP contribution in [0, 0.1) is 5.92 Å². The van der Waals surface area contributed by atoms with E-state index in [1.54, 1.807) is 0 Å². The van der Waals surface area contributed by atoms with Crippen molar-refractivity contribution in [1.29, 1.82) is 0 Å². The molecule has 0 spiro atoms. The molecule has 0 aromatic carbocycles.